The van der Waals surface area contributed by atoms with Crippen LogP contribution in [0.5, 0.6) is 28.7 Å². The van der Waals surface area contributed by atoms with Crippen molar-refractivity contribution in [2.45, 2.75) is 25.2 Å². The molecule has 4 heterocycles. The maximum Gasteiger partial charge on any atom is 0.312 e. The number of ether oxygens (including phenoxy) is 5. The van der Waals surface area contributed by atoms with Crippen molar-refractivity contribution in [1.82, 2.24) is 0 Å². The minimum absolute atomic E-state index is 0.0869. The van der Waals surface area contributed by atoms with Crippen molar-refractivity contribution >= 4 is 17.8 Å². The van der Waals surface area contributed by atoms with Gasteiger partial charge in [-0.15, -0.1) is 0 Å². The molecule has 0 saturated carbocycles. The van der Waals surface area contributed by atoms with Crippen molar-refractivity contribution in [3.05, 3.63) is 106 Å². The van der Waals surface area contributed by atoms with Crippen LogP contribution in [0.3, 0.4) is 0 Å². The van der Waals surface area contributed by atoms with E-state index < -0.39 is 5.92 Å². The first kappa shape index (κ1) is 25.0. The molecule has 0 N–H and O–H groups in total. The quantitative estimate of drug-likeness (QED) is 0.160. The van der Waals surface area contributed by atoms with Crippen LogP contribution in [0.4, 0.5) is 0 Å². The van der Waals surface area contributed by atoms with Crippen LogP contribution in [-0.2, 0) is 17.6 Å². The minimum atomic E-state index is -0.409. The van der Waals surface area contributed by atoms with E-state index in [1.165, 1.54) is 17.4 Å². The minimum Gasteiger partial charge on any atom is -0.493 e. The van der Waals surface area contributed by atoms with E-state index in [0.29, 0.717) is 46.5 Å². The van der Waals surface area contributed by atoms with E-state index in [-0.39, 0.29) is 23.9 Å². The number of ketones is 1. The molecule has 0 aliphatic carbocycles. The van der Waals surface area contributed by atoms with Gasteiger partial charge in [-0.25, -0.2) is 0 Å². The van der Waals surface area contributed by atoms with E-state index in [1.807, 2.05) is 24.3 Å². The molecule has 8 nitrogen and oxygen atoms in total. The lowest BCUT2D eigenvalue weighted by molar-refractivity contribution is -0.135. The summed E-state index contributed by atoms with van der Waals surface area (Å²) >= 11 is 0. The molecule has 0 saturated heterocycles. The van der Waals surface area contributed by atoms with Gasteiger partial charge in [-0.2, -0.15) is 0 Å². The number of fused-ring (bicyclic) bond motifs is 4. The SMILES string of the molecule is COc1cc([C@@H]2CC(=O)Oc3ccc4c(c32)O/C(=C\c2ccco2)C4=O)ccc1OCCc1ccc2c(c1)CCO2. The summed E-state index contributed by atoms with van der Waals surface area (Å²) in [5, 5.41) is 0. The average Bonchev–Trinajstić information content (AvgIpc) is 3.74. The van der Waals surface area contributed by atoms with Gasteiger partial charge in [0.1, 0.15) is 23.0 Å². The van der Waals surface area contributed by atoms with Crippen LogP contribution in [0.25, 0.3) is 6.08 Å². The zero-order valence-corrected chi connectivity index (χ0v) is 22.3. The molecule has 0 fully saturated rings. The monoisotopic (exact) mass is 550 g/mol. The van der Waals surface area contributed by atoms with Gasteiger partial charge in [0.05, 0.1) is 38.6 Å². The molecule has 0 amide bonds. The summed E-state index contributed by atoms with van der Waals surface area (Å²) in [6.45, 7) is 1.21. The van der Waals surface area contributed by atoms with Crippen LogP contribution in [0.1, 0.15) is 50.7 Å². The number of rotatable bonds is 7. The van der Waals surface area contributed by atoms with Crippen molar-refractivity contribution < 1.29 is 37.7 Å². The first-order valence-electron chi connectivity index (χ1n) is 13.5. The maximum atomic E-state index is 13.1. The second-order valence-electron chi connectivity index (χ2n) is 10.1. The van der Waals surface area contributed by atoms with Crippen LogP contribution in [0.2, 0.25) is 0 Å². The zero-order valence-electron chi connectivity index (χ0n) is 22.3. The average molecular weight is 551 g/mol. The lowest BCUT2D eigenvalue weighted by Crippen LogP contribution is -2.21. The van der Waals surface area contributed by atoms with E-state index >= 15 is 0 Å². The Kier molecular flexibility index (Phi) is 6.23. The Hall–Kier alpha value is -4.98. The highest BCUT2D eigenvalue weighted by Crippen LogP contribution is 2.49. The number of furan rings is 1. The Balaban J connectivity index is 1.15. The largest absolute Gasteiger partial charge is 0.493 e. The fourth-order valence-electron chi connectivity index (χ4n) is 5.59. The summed E-state index contributed by atoms with van der Waals surface area (Å²) in [6.07, 6.45) is 4.85. The molecule has 4 aromatic rings. The standard InChI is InChI=1S/C33H26O8/c1-36-28-16-20(5-8-26(28)39-13-10-19-4-7-25-21(15-19)11-14-38-25)24-18-30(34)40-27-9-6-23-32(35)29(41-33(23)31(24)27)17-22-3-2-12-37-22/h2-9,12,15-17,24H,10-11,13-14,18H2,1H3/b29-17-/t24-/m0/s1. The van der Waals surface area contributed by atoms with Gasteiger partial charge in [0, 0.05) is 30.4 Å². The predicted molar refractivity (Wildman–Crippen MR) is 148 cm³/mol. The summed E-state index contributed by atoms with van der Waals surface area (Å²) in [6, 6.07) is 18.6. The van der Waals surface area contributed by atoms with E-state index in [9.17, 15) is 9.59 Å². The third-order valence-electron chi connectivity index (χ3n) is 7.59. The molecule has 8 heteroatoms. The van der Waals surface area contributed by atoms with Crippen LogP contribution in [0.15, 0.2) is 77.1 Å². The highest BCUT2D eigenvalue weighted by Gasteiger charge is 2.39. The Labute approximate surface area is 236 Å². The van der Waals surface area contributed by atoms with Crippen LogP contribution >= 0.6 is 0 Å². The molecule has 0 radical (unpaired) electrons. The van der Waals surface area contributed by atoms with E-state index in [4.69, 9.17) is 28.1 Å². The van der Waals surface area contributed by atoms with Crippen molar-refractivity contribution in [3.63, 3.8) is 0 Å². The Morgan fingerprint density at radius 3 is 2.73 bits per heavy atom. The molecule has 206 valence electrons. The predicted octanol–water partition coefficient (Wildman–Crippen LogP) is 5.90. The highest BCUT2D eigenvalue weighted by atomic mass is 16.5. The maximum absolute atomic E-state index is 13.1. The summed E-state index contributed by atoms with van der Waals surface area (Å²) in [5.74, 6) is 2.50. The number of allylic oxidation sites excluding steroid dienone is 1. The number of methoxy groups -OCH3 is 1. The Morgan fingerprint density at radius 2 is 1.88 bits per heavy atom. The lowest BCUT2D eigenvalue weighted by atomic mass is 9.84. The van der Waals surface area contributed by atoms with E-state index in [2.05, 4.69) is 12.1 Å². The first-order chi connectivity index (χ1) is 20.1. The van der Waals surface area contributed by atoms with Crippen LogP contribution in [0, 0.1) is 0 Å². The van der Waals surface area contributed by atoms with Crippen LogP contribution in [-0.4, -0.2) is 32.1 Å². The molecule has 3 aliphatic rings. The second-order valence-corrected chi connectivity index (χ2v) is 10.1. The lowest BCUT2D eigenvalue weighted by Gasteiger charge is -2.26. The smallest absolute Gasteiger partial charge is 0.312 e. The van der Waals surface area contributed by atoms with Crippen molar-refractivity contribution in [1.29, 1.82) is 0 Å². The molecule has 3 aliphatic heterocycles. The fourth-order valence-corrected chi connectivity index (χ4v) is 5.59. The number of hydrogen-bond acceptors (Lipinski definition) is 8. The third kappa shape index (κ3) is 4.61. The number of hydrogen-bond donors (Lipinski definition) is 0. The fraction of sp³-hybridized carbons (Fsp3) is 0.212. The molecule has 7 rings (SSSR count). The number of esters is 1. The summed E-state index contributed by atoms with van der Waals surface area (Å²) in [4.78, 5) is 25.7. The molecular formula is C33H26O8. The van der Waals surface area contributed by atoms with Gasteiger partial charge in [0.15, 0.2) is 17.3 Å². The molecule has 0 spiro atoms. The zero-order chi connectivity index (χ0) is 27.9. The van der Waals surface area contributed by atoms with Crippen LogP contribution < -0.4 is 23.7 Å². The van der Waals surface area contributed by atoms with Gasteiger partial charge in [-0.1, -0.05) is 18.2 Å². The number of carbonyl (C=O) groups is 2. The molecule has 0 bridgehead atoms. The molecular weight excluding hydrogens is 524 g/mol. The molecule has 0 unspecified atom stereocenters. The summed E-state index contributed by atoms with van der Waals surface area (Å²) in [7, 11) is 1.58. The number of benzene rings is 3. The second kappa shape index (κ2) is 10.2. The Bertz CT molecular complexity index is 1700. The van der Waals surface area contributed by atoms with Crippen molar-refractivity contribution in [3.8, 4) is 28.7 Å². The van der Waals surface area contributed by atoms with Gasteiger partial charge < -0.3 is 28.1 Å². The van der Waals surface area contributed by atoms with E-state index in [1.54, 1.807) is 37.5 Å². The Morgan fingerprint density at radius 1 is 0.976 bits per heavy atom. The molecule has 1 aromatic heterocycles. The van der Waals surface area contributed by atoms with Gasteiger partial charge in [0.25, 0.3) is 0 Å². The first-order valence-corrected chi connectivity index (χ1v) is 13.5. The number of carbonyl (C=O) groups excluding carboxylic acids is 2. The van der Waals surface area contributed by atoms with Crippen molar-refractivity contribution in [2.24, 2.45) is 0 Å². The third-order valence-corrected chi connectivity index (χ3v) is 7.59. The highest BCUT2D eigenvalue weighted by molar-refractivity contribution is 6.15. The number of Topliss-reactive ketones (excluding diaryl/α,β-unsaturated/α-hetero) is 1. The van der Waals surface area contributed by atoms with E-state index in [0.717, 1.165) is 30.8 Å². The normalized spacial score (nSPS) is 17.8. The molecule has 3 aromatic carbocycles. The molecule has 1 atom stereocenters. The van der Waals surface area contributed by atoms with Gasteiger partial charge in [-0.3, -0.25) is 9.59 Å². The summed E-state index contributed by atoms with van der Waals surface area (Å²) < 4.78 is 34.4. The van der Waals surface area contributed by atoms with Gasteiger partial charge in [0.2, 0.25) is 5.78 Å². The van der Waals surface area contributed by atoms with Crippen molar-refractivity contribution in [2.75, 3.05) is 20.3 Å². The summed E-state index contributed by atoms with van der Waals surface area (Å²) in [5.41, 5.74) is 4.30. The molecule has 41 heavy (non-hydrogen) atoms. The topological polar surface area (TPSA) is 93.4 Å². The van der Waals surface area contributed by atoms with Gasteiger partial charge in [-0.05, 0) is 59.2 Å². The van der Waals surface area contributed by atoms with Gasteiger partial charge >= 0.3 is 5.97 Å².